The second-order valence-corrected chi connectivity index (χ2v) is 7.37. The highest BCUT2D eigenvalue weighted by atomic mass is 19.1. The van der Waals surface area contributed by atoms with Crippen LogP contribution in [0.25, 0.3) is 0 Å². The molecule has 1 amide bonds. The summed E-state index contributed by atoms with van der Waals surface area (Å²) in [6.07, 6.45) is 0. The van der Waals surface area contributed by atoms with Crippen LogP contribution in [0.2, 0.25) is 0 Å². The number of aryl methyl sites for hydroxylation is 1. The fourth-order valence-electron chi connectivity index (χ4n) is 3.56. The summed E-state index contributed by atoms with van der Waals surface area (Å²) in [6, 6.07) is 4.39. The van der Waals surface area contributed by atoms with Crippen molar-refractivity contribution < 1.29 is 13.9 Å². The van der Waals surface area contributed by atoms with E-state index in [0.29, 0.717) is 37.7 Å². The van der Waals surface area contributed by atoms with E-state index in [1.165, 1.54) is 18.2 Å². The molecular weight excluding hydrogens is 379 g/mol. The summed E-state index contributed by atoms with van der Waals surface area (Å²) in [5.41, 5.74) is -0.118. The number of rotatable bonds is 5. The number of hydrogen-bond acceptors (Lipinski definition) is 5. The fourth-order valence-corrected chi connectivity index (χ4v) is 3.56. The smallest absolute Gasteiger partial charge is 0.329 e. The molecule has 2 aromatic rings. The van der Waals surface area contributed by atoms with Crippen LogP contribution in [-0.2, 0) is 9.53 Å². The molecule has 0 bridgehead atoms. The summed E-state index contributed by atoms with van der Waals surface area (Å²) in [5.74, 6) is -1.42. The first-order chi connectivity index (χ1) is 13.8. The number of nitrogens with zero attached hydrogens (tertiary/aromatic N) is 2. The van der Waals surface area contributed by atoms with Crippen molar-refractivity contribution in [2.75, 3.05) is 36.5 Å². The van der Waals surface area contributed by atoms with Gasteiger partial charge in [0.1, 0.15) is 17.5 Å². The quantitative estimate of drug-likeness (QED) is 0.790. The third-order valence-electron chi connectivity index (χ3n) is 4.89. The van der Waals surface area contributed by atoms with E-state index in [4.69, 9.17) is 4.74 Å². The van der Waals surface area contributed by atoms with E-state index in [-0.39, 0.29) is 11.6 Å². The molecule has 156 valence electrons. The molecular formula is C20H25FN4O4. The normalized spacial score (nSPS) is 15.4. The van der Waals surface area contributed by atoms with Crippen LogP contribution < -0.4 is 21.5 Å². The van der Waals surface area contributed by atoms with Crippen LogP contribution in [0.3, 0.4) is 0 Å². The van der Waals surface area contributed by atoms with Gasteiger partial charge in [-0.05, 0) is 31.0 Å². The molecule has 1 atom stereocenters. The minimum atomic E-state index is -1.06. The molecule has 1 aromatic carbocycles. The van der Waals surface area contributed by atoms with Crippen LogP contribution >= 0.6 is 0 Å². The van der Waals surface area contributed by atoms with Gasteiger partial charge in [0, 0.05) is 24.5 Å². The number of H-pyrrole nitrogens is 1. The largest absolute Gasteiger partial charge is 0.378 e. The maximum atomic E-state index is 13.5. The number of aromatic nitrogens is 2. The summed E-state index contributed by atoms with van der Waals surface area (Å²) in [5, 5.41) is 2.61. The number of nitrogens with one attached hydrogen (secondary N) is 2. The van der Waals surface area contributed by atoms with Crippen molar-refractivity contribution >= 4 is 17.3 Å². The van der Waals surface area contributed by atoms with Gasteiger partial charge in [-0.3, -0.25) is 9.59 Å². The van der Waals surface area contributed by atoms with Gasteiger partial charge in [-0.2, -0.15) is 0 Å². The maximum absolute atomic E-state index is 13.5. The first-order valence-electron chi connectivity index (χ1n) is 9.54. The minimum absolute atomic E-state index is 0.255. The van der Waals surface area contributed by atoms with Crippen molar-refractivity contribution in [1.82, 2.24) is 9.55 Å². The number of hydrogen-bond donors (Lipinski definition) is 2. The van der Waals surface area contributed by atoms with E-state index >= 15 is 0 Å². The summed E-state index contributed by atoms with van der Waals surface area (Å²) < 4.78 is 19.7. The molecule has 1 fully saturated rings. The van der Waals surface area contributed by atoms with Gasteiger partial charge in [0.05, 0.1) is 13.2 Å². The number of carbonyl (C=O) groups excluding carboxylic acids is 1. The number of amides is 1. The third-order valence-corrected chi connectivity index (χ3v) is 4.89. The number of benzene rings is 1. The second-order valence-electron chi connectivity index (χ2n) is 7.37. The van der Waals surface area contributed by atoms with Crippen LogP contribution in [-0.4, -0.2) is 41.8 Å². The average molecular weight is 404 g/mol. The van der Waals surface area contributed by atoms with E-state index in [1.807, 2.05) is 4.90 Å². The Hall–Kier alpha value is -2.94. The zero-order valence-corrected chi connectivity index (χ0v) is 16.7. The zero-order chi connectivity index (χ0) is 21.1. The van der Waals surface area contributed by atoms with Crippen molar-refractivity contribution in [1.29, 1.82) is 0 Å². The number of morpholine rings is 1. The molecule has 0 saturated carbocycles. The maximum Gasteiger partial charge on any atom is 0.329 e. The highest BCUT2D eigenvalue weighted by molar-refractivity contribution is 5.93. The van der Waals surface area contributed by atoms with Crippen LogP contribution in [0, 0.1) is 18.7 Å². The monoisotopic (exact) mass is 404 g/mol. The summed E-state index contributed by atoms with van der Waals surface area (Å²) in [7, 11) is 0. The number of aromatic amines is 1. The molecule has 2 heterocycles. The molecule has 2 N–H and O–H groups in total. The van der Waals surface area contributed by atoms with Crippen molar-refractivity contribution in [3.63, 3.8) is 0 Å². The molecule has 1 aliphatic heterocycles. The Bertz CT molecular complexity index is 1010. The van der Waals surface area contributed by atoms with Gasteiger partial charge in [-0.1, -0.05) is 19.9 Å². The van der Waals surface area contributed by atoms with Gasteiger partial charge in [0.25, 0.3) is 5.56 Å². The van der Waals surface area contributed by atoms with Gasteiger partial charge < -0.3 is 19.9 Å². The lowest BCUT2D eigenvalue weighted by molar-refractivity contribution is -0.120. The lowest BCUT2D eigenvalue weighted by Gasteiger charge is -2.30. The predicted octanol–water partition coefficient (Wildman–Crippen LogP) is 1.66. The third kappa shape index (κ3) is 4.40. The SMILES string of the molecule is Cc1[nH]c(=O)n([C@H](C(=O)Nc2cccc(F)c2)C(C)C)c(=O)c1N1CCOCC1. The molecule has 1 saturated heterocycles. The second kappa shape index (κ2) is 8.60. The molecule has 9 heteroatoms. The Morgan fingerprint density at radius 1 is 1.24 bits per heavy atom. The van der Waals surface area contributed by atoms with Gasteiger partial charge in [-0.25, -0.2) is 13.8 Å². The van der Waals surface area contributed by atoms with Gasteiger partial charge in [-0.15, -0.1) is 0 Å². The highest BCUT2D eigenvalue weighted by Gasteiger charge is 2.30. The van der Waals surface area contributed by atoms with Gasteiger partial charge in [0.2, 0.25) is 5.91 Å². The molecule has 0 radical (unpaired) electrons. The summed E-state index contributed by atoms with van der Waals surface area (Å²) in [4.78, 5) is 43.5. The number of halogens is 1. The van der Waals surface area contributed by atoms with Crippen molar-refractivity contribution in [2.45, 2.75) is 26.8 Å². The molecule has 0 spiro atoms. The average Bonchev–Trinajstić information content (AvgIpc) is 2.65. The van der Waals surface area contributed by atoms with Gasteiger partial charge in [0.15, 0.2) is 0 Å². The van der Waals surface area contributed by atoms with Gasteiger partial charge >= 0.3 is 5.69 Å². The first kappa shape index (κ1) is 20.8. The molecule has 0 unspecified atom stereocenters. The topological polar surface area (TPSA) is 96.4 Å². The fraction of sp³-hybridized carbons (Fsp3) is 0.450. The van der Waals surface area contributed by atoms with E-state index < -0.39 is 29.0 Å². The summed E-state index contributed by atoms with van der Waals surface area (Å²) in [6.45, 7) is 7.15. The molecule has 0 aliphatic carbocycles. The van der Waals surface area contributed by atoms with E-state index in [0.717, 1.165) is 4.57 Å². The minimum Gasteiger partial charge on any atom is -0.378 e. The molecule has 3 rings (SSSR count). The van der Waals surface area contributed by atoms with Crippen LogP contribution in [0.4, 0.5) is 15.8 Å². The Balaban J connectivity index is 2.04. The molecule has 1 aliphatic rings. The van der Waals surface area contributed by atoms with Crippen molar-refractivity contribution in [2.24, 2.45) is 5.92 Å². The van der Waals surface area contributed by atoms with Crippen LogP contribution in [0.5, 0.6) is 0 Å². The number of anilines is 2. The summed E-state index contributed by atoms with van der Waals surface area (Å²) >= 11 is 0. The number of carbonyl (C=O) groups is 1. The Labute approximate surface area is 167 Å². The van der Waals surface area contributed by atoms with Crippen molar-refractivity contribution in [3.8, 4) is 0 Å². The number of ether oxygens (including phenoxy) is 1. The van der Waals surface area contributed by atoms with E-state index in [2.05, 4.69) is 10.3 Å². The Morgan fingerprint density at radius 2 is 1.93 bits per heavy atom. The van der Waals surface area contributed by atoms with E-state index in [9.17, 15) is 18.8 Å². The zero-order valence-electron chi connectivity index (χ0n) is 16.7. The van der Waals surface area contributed by atoms with Crippen molar-refractivity contribution in [3.05, 3.63) is 56.6 Å². The lowest BCUT2D eigenvalue weighted by atomic mass is 10.0. The van der Waals surface area contributed by atoms with Crippen LogP contribution in [0.15, 0.2) is 33.9 Å². The molecule has 8 nitrogen and oxygen atoms in total. The molecule has 1 aromatic heterocycles. The van der Waals surface area contributed by atoms with Crippen LogP contribution in [0.1, 0.15) is 25.6 Å². The molecule has 29 heavy (non-hydrogen) atoms. The first-order valence-corrected chi connectivity index (χ1v) is 9.54. The Morgan fingerprint density at radius 3 is 2.55 bits per heavy atom. The van der Waals surface area contributed by atoms with E-state index in [1.54, 1.807) is 26.8 Å². The lowest BCUT2D eigenvalue weighted by Crippen LogP contribution is -2.49. The highest BCUT2D eigenvalue weighted by Crippen LogP contribution is 2.20. The standard InChI is InChI=1S/C20H25FN4O4/c1-12(2)16(18(26)23-15-6-4-5-14(21)11-15)25-19(27)17(13(3)22-20(25)28)24-7-9-29-10-8-24/h4-6,11-12,16H,7-10H2,1-3H3,(H,22,28)(H,23,26)/t16-/m0/s1. The predicted molar refractivity (Wildman–Crippen MR) is 108 cm³/mol. The Kier molecular flexibility index (Phi) is 6.17.